The van der Waals surface area contributed by atoms with Crippen molar-refractivity contribution in [2.75, 3.05) is 5.43 Å². The van der Waals surface area contributed by atoms with Crippen molar-refractivity contribution in [3.8, 4) is 0 Å². The number of hydrazine groups is 1. The molecular formula is C13H18N4. The summed E-state index contributed by atoms with van der Waals surface area (Å²) in [5, 5.41) is 0.991. The number of hydrogen-bond acceptors (Lipinski definition) is 4. The van der Waals surface area contributed by atoms with Gasteiger partial charge in [-0.2, -0.15) is 0 Å². The van der Waals surface area contributed by atoms with Crippen LogP contribution in [0.25, 0.3) is 10.9 Å². The first-order chi connectivity index (χ1) is 8.15. The molecule has 0 spiro atoms. The number of nitrogen functional groups attached to an aromatic ring is 1. The number of nitrogens with one attached hydrogen (secondary N) is 1. The highest BCUT2D eigenvalue weighted by Gasteiger charge is 2.09. The van der Waals surface area contributed by atoms with E-state index < -0.39 is 0 Å². The fourth-order valence-corrected chi connectivity index (χ4v) is 2.08. The zero-order chi connectivity index (χ0) is 12.4. The largest absolute Gasteiger partial charge is 0.308 e. The third-order valence-electron chi connectivity index (χ3n) is 2.79. The van der Waals surface area contributed by atoms with Gasteiger partial charge in [0.25, 0.3) is 0 Å². The first-order valence-electron chi connectivity index (χ1n) is 5.90. The maximum atomic E-state index is 5.54. The average Bonchev–Trinajstić information content (AvgIpc) is 2.29. The van der Waals surface area contributed by atoms with Gasteiger partial charge in [0.15, 0.2) is 5.82 Å². The predicted molar refractivity (Wildman–Crippen MR) is 70.8 cm³/mol. The van der Waals surface area contributed by atoms with Gasteiger partial charge in [0.05, 0.1) is 5.52 Å². The van der Waals surface area contributed by atoms with Crippen LogP contribution in [0.2, 0.25) is 0 Å². The van der Waals surface area contributed by atoms with E-state index in [2.05, 4.69) is 48.3 Å². The monoisotopic (exact) mass is 230 g/mol. The molecule has 2 rings (SSSR count). The molecule has 1 heterocycles. The van der Waals surface area contributed by atoms with E-state index in [9.17, 15) is 0 Å². The maximum Gasteiger partial charge on any atom is 0.151 e. The molecule has 0 radical (unpaired) electrons. The normalized spacial score (nSPS) is 10.8. The Morgan fingerprint density at radius 1 is 1.24 bits per heavy atom. The Balaban J connectivity index is 2.73. The number of rotatable bonds is 3. The Morgan fingerprint density at radius 3 is 2.65 bits per heavy atom. The van der Waals surface area contributed by atoms with E-state index >= 15 is 0 Å². The standard InChI is InChI=1S/C13H18N4/c1-4-5-11-15-12-9(3)6-8(2)7-10(12)13(16-11)17-14/h6-7H,4-5,14H2,1-3H3,(H,15,16,17). The fraction of sp³-hybridized carbons (Fsp3) is 0.385. The maximum absolute atomic E-state index is 5.54. The molecule has 3 N–H and O–H groups in total. The molecule has 0 aliphatic carbocycles. The Kier molecular flexibility index (Phi) is 3.24. The van der Waals surface area contributed by atoms with Crippen LogP contribution < -0.4 is 11.3 Å². The Bertz CT molecular complexity index is 549. The molecule has 0 aliphatic rings. The minimum atomic E-state index is 0.713. The van der Waals surface area contributed by atoms with Crippen molar-refractivity contribution in [1.82, 2.24) is 9.97 Å². The highest BCUT2D eigenvalue weighted by atomic mass is 15.3. The van der Waals surface area contributed by atoms with Crippen molar-refractivity contribution in [3.63, 3.8) is 0 Å². The summed E-state index contributed by atoms with van der Waals surface area (Å²) >= 11 is 0. The third kappa shape index (κ3) is 2.22. The molecule has 90 valence electrons. The lowest BCUT2D eigenvalue weighted by atomic mass is 10.1. The van der Waals surface area contributed by atoms with Gasteiger partial charge in [-0.15, -0.1) is 0 Å². The summed E-state index contributed by atoms with van der Waals surface area (Å²) < 4.78 is 0. The van der Waals surface area contributed by atoms with Crippen molar-refractivity contribution in [3.05, 3.63) is 29.1 Å². The Labute approximate surface area is 101 Å². The zero-order valence-electron chi connectivity index (χ0n) is 10.5. The number of hydrogen-bond donors (Lipinski definition) is 2. The van der Waals surface area contributed by atoms with E-state index in [0.717, 1.165) is 35.1 Å². The molecule has 4 heteroatoms. The van der Waals surface area contributed by atoms with Crippen LogP contribution in [0.15, 0.2) is 12.1 Å². The SMILES string of the molecule is CCCc1nc(NN)c2cc(C)cc(C)c2n1. The van der Waals surface area contributed by atoms with E-state index in [1.807, 2.05) is 0 Å². The van der Waals surface area contributed by atoms with Crippen LogP contribution in [-0.4, -0.2) is 9.97 Å². The van der Waals surface area contributed by atoms with Crippen LogP contribution in [0.4, 0.5) is 5.82 Å². The van der Waals surface area contributed by atoms with Gasteiger partial charge < -0.3 is 5.43 Å². The van der Waals surface area contributed by atoms with Gasteiger partial charge in [-0.25, -0.2) is 15.8 Å². The zero-order valence-corrected chi connectivity index (χ0v) is 10.5. The number of nitrogens with zero attached hydrogens (tertiary/aromatic N) is 2. The van der Waals surface area contributed by atoms with Crippen molar-refractivity contribution in [2.24, 2.45) is 5.84 Å². The molecule has 4 nitrogen and oxygen atoms in total. The number of fused-ring (bicyclic) bond motifs is 1. The molecule has 0 unspecified atom stereocenters. The van der Waals surface area contributed by atoms with Crippen LogP contribution in [-0.2, 0) is 6.42 Å². The third-order valence-corrected chi connectivity index (χ3v) is 2.79. The van der Waals surface area contributed by atoms with Crippen LogP contribution >= 0.6 is 0 Å². The molecule has 0 saturated heterocycles. The van der Waals surface area contributed by atoms with Gasteiger partial charge in [-0.05, 0) is 37.5 Å². The number of nitrogens with two attached hydrogens (primary N) is 1. The highest BCUT2D eigenvalue weighted by Crippen LogP contribution is 2.24. The molecule has 1 aromatic carbocycles. The van der Waals surface area contributed by atoms with E-state index in [0.29, 0.717) is 5.82 Å². The first-order valence-corrected chi connectivity index (χ1v) is 5.90. The molecule has 0 atom stereocenters. The Hall–Kier alpha value is -1.68. The number of aromatic nitrogens is 2. The van der Waals surface area contributed by atoms with E-state index in [-0.39, 0.29) is 0 Å². The molecule has 0 fully saturated rings. The van der Waals surface area contributed by atoms with E-state index in [1.165, 1.54) is 5.56 Å². The van der Waals surface area contributed by atoms with Crippen molar-refractivity contribution >= 4 is 16.7 Å². The van der Waals surface area contributed by atoms with Crippen molar-refractivity contribution in [2.45, 2.75) is 33.6 Å². The number of aryl methyl sites for hydroxylation is 3. The van der Waals surface area contributed by atoms with Gasteiger partial charge in [0, 0.05) is 11.8 Å². The highest BCUT2D eigenvalue weighted by molar-refractivity contribution is 5.91. The van der Waals surface area contributed by atoms with Gasteiger partial charge in [0.2, 0.25) is 0 Å². The molecule has 0 saturated carbocycles. The molecule has 0 amide bonds. The number of benzene rings is 1. The summed E-state index contributed by atoms with van der Waals surface area (Å²) in [5.41, 5.74) is 6.02. The summed E-state index contributed by atoms with van der Waals surface area (Å²) in [6, 6.07) is 4.19. The average molecular weight is 230 g/mol. The predicted octanol–water partition coefficient (Wildman–Crippen LogP) is 2.48. The fourth-order valence-electron chi connectivity index (χ4n) is 2.08. The first kappa shape index (κ1) is 11.8. The van der Waals surface area contributed by atoms with E-state index in [4.69, 9.17) is 5.84 Å². The van der Waals surface area contributed by atoms with Crippen LogP contribution in [0.3, 0.4) is 0 Å². The summed E-state index contributed by atoms with van der Waals surface area (Å²) in [7, 11) is 0. The molecular weight excluding hydrogens is 212 g/mol. The second kappa shape index (κ2) is 4.67. The summed E-state index contributed by atoms with van der Waals surface area (Å²) in [6.45, 7) is 6.25. The minimum absolute atomic E-state index is 0.713. The van der Waals surface area contributed by atoms with Crippen LogP contribution in [0, 0.1) is 13.8 Å². The smallest absolute Gasteiger partial charge is 0.151 e. The van der Waals surface area contributed by atoms with Gasteiger partial charge in [-0.1, -0.05) is 13.0 Å². The summed E-state index contributed by atoms with van der Waals surface area (Å²) in [6.07, 6.45) is 1.90. The van der Waals surface area contributed by atoms with Crippen molar-refractivity contribution in [1.29, 1.82) is 0 Å². The molecule has 2 aromatic rings. The van der Waals surface area contributed by atoms with Gasteiger partial charge in [-0.3, -0.25) is 0 Å². The summed E-state index contributed by atoms with van der Waals surface area (Å²) in [5.74, 6) is 7.10. The molecule has 17 heavy (non-hydrogen) atoms. The van der Waals surface area contributed by atoms with E-state index in [1.54, 1.807) is 0 Å². The van der Waals surface area contributed by atoms with Crippen LogP contribution in [0.5, 0.6) is 0 Å². The second-order valence-electron chi connectivity index (χ2n) is 4.36. The lowest BCUT2D eigenvalue weighted by Crippen LogP contribution is -2.11. The minimum Gasteiger partial charge on any atom is -0.308 e. The van der Waals surface area contributed by atoms with Crippen LogP contribution in [0.1, 0.15) is 30.3 Å². The lowest BCUT2D eigenvalue weighted by molar-refractivity contribution is 0.844. The topological polar surface area (TPSA) is 63.8 Å². The molecule has 1 aromatic heterocycles. The van der Waals surface area contributed by atoms with Gasteiger partial charge in [0.1, 0.15) is 5.82 Å². The lowest BCUT2D eigenvalue weighted by Gasteiger charge is -2.10. The molecule has 0 aliphatic heterocycles. The summed E-state index contributed by atoms with van der Waals surface area (Å²) in [4.78, 5) is 9.05. The molecule has 0 bridgehead atoms. The Morgan fingerprint density at radius 2 is 2.00 bits per heavy atom. The number of anilines is 1. The van der Waals surface area contributed by atoms with Gasteiger partial charge >= 0.3 is 0 Å². The quantitative estimate of drug-likeness (QED) is 0.628. The second-order valence-corrected chi connectivity index (χ2v) is 4.36. The van der Waals surface area contributed by atoms with Crippen molar-refractivity contribution < 1.29 is 0 Å².